The summed E-state index contributed by atoms with van der Waals surface area (Å²) in [6, 6.07) is 7.77. The number of methoxy groups -OCH3 is 1. The lowest BCUT2D eigenvalue weighted by Crippen LogP contribution is -2.41. The number of carbonyl (C=O) groups excluding carboxylic acids is 1. The van der Waals surface area contributed by atoms with Crippen molar-refractivity contribution in [3.8, 4) is 5.75 Å². The van der Waals surface area contributed by atoms with Gasteiger partial charge in [-0.1, -0.05) is 12.1 Å². The second-order valence-electron chi connectivity index (χ2n) is 6.63. The minimum absolute atomic E-state index is 0.0719. The third-order valence-electron chi connectivity index (χ3n) is 4.77. The highest BCUT2D eigenvalue weighted by Gasteiger charge is 2.22. The van der Waals surface area contributed by atoms with E-state index in [4.69, 9.17) is 4.74 Å². The number of nitrogens with one attached hydrogen (secondary N) is 1. The van der Waals surface area contributed by atoms with E-state index in [1.54, 1.807) is 7.11 Å². The number of piperidine rings is 1. The first-order valence-electron chi connectivity index (χ1n) is 8.74. The van der Waals surface area contributed by atoms with Crippen LogP contribution in [-0.2, 0) is 18.4 Å². The third kappa shape index (κ3) is 4.82. The van der Waals surface area contributed by atoms with E-state index < -0.39 is 0 Å². The van der Waals surface area contributed by atoms with Gasteiger partial charge in [-0.25, -0.2) is 0 Å². The summed E-state index contributed by atoms with van der Waals surface area (Å²) in [7, 11) is 3.60. The molecular weight excluding hydrogens is 316 g/mol. The molecule has 1 saturated heterocycles. The molecule has 1 aromatic heterocycles. The van der Waals surface area contributed by atoms with Crippen molar-refractivity contribution in [2.45, 2.75) is 25.3 Å². The number of carbonyl (C=O) groups is 1. The Morgan fingerprint density at radius 3 is 2.84 bits per heavy atom. The van der Waals surface area contributed by atoms with Gasteiger partial charge in [0.1, 0.15) is 5.75 Å². The average Bonchev–Trinajstić information content (AvgIpc) is 3.07. The van der Waals surface area contributed by atoms with Crippen LogP contribution in [0.1, 0.15) is 29.9 Å². The molecule has 3 rings (SSSR count). The second-order valence-corrected chi connectivity index (χ2v) is 6.63. The van der Waals surface area contributed by atoms with Gasteiger partial charge in [-0.3, -0.25) is 14.4 Å². The Balaban J connectivity index is 1.41. The lowest BCUT2D eigenvalue weighted by Gasteiger charge is -2.31. The highest BCUT2D eigenvalue weighted by molar-refractivity contribution is 5.78. The fourth-order valence-electron chi connectivity index (χ4n) is 3.32. The molecule has 0 spiro atoms. The molecule has 2 aromatic rings. The molecule has 0 atom stereocenters. The fourth-order valence-corrected chi connectivity index (χ4v) is 3.32. The van der Waals surface area contributed by atoms with Crippen LogP contribution in [0.15, 0.2) is 36.7 Å². The number of nitrogens with zero attached hydrogens (tertiary/aromatic N) is 3. The minimum atomic E-state index is 0.0719. The van der Waals surface area contributed by atoms with Crippen molar-refractivity contribution in [1.29, 1.82) is 0 Å². The molecule has 2 heterocycles. The molecule has 1 aliphatic heterocycles. The zero-order valence-corrected chi connectivity index (χ0v) is 14.9. The topological polar surface area (TPSA) is 59.4 Å². The maximum atomic E-state index is 12.2. The molecule has 1 aromatic carbocycles. The van der Waals surface area contributed by atoms with Crippen LogP contribution in [-0.4, -0.2) is 47.3 Å². The summed E-state index contributed by atoms with van der Waals surface area (Å²) in [6.07, 6.45) is 6.21. The van der Waals surface area contributed by atoms with Gasteiger partial charge in [0.05, 0.1) is 19.9 Å². The van der Waals surface area contributed by atoms with E-state index in [1.807, 2.05) is 42.2 Å². The second kappa shape index (κ2) is 8.16. The monoisotopic (exact) mass is 342 g/mol. The van der Waals surface area contributed by atoms with Crippen LogP contribution in [0.2, 0.25) is 0 Å². The van der Waals surface area contributed by atoms with E-state index in [2.05, 4.69) is 21.5 Å². The Morgan fingerprint density at radius 1 is 1.36 bits per heavy atom. The van der Waals surface area contributed by atoms with Crippen LogP contribution >= 0.6 is 0 Å². The first-order valence-corrected chi connectivity index (χ1v) is 8.74. The van der Waals surface area contributed by atoms with Gasteiger partial charge >= 0.3 is 0 Å². The smallest absolute Gasteiger partial charge is 0.234 e. The lowest BCUT2D eigenvalue weighted by molar-refractivity contribution is -0.122. The van der Waals surface area contributed by atoms with E-state index in [-0.39, 0.29) is 5.91 Å². The number of amides is 1. The van der Waals surface area contributed by atoms with Gasteiger partial charge in [-0.05, 0) is 55.1 Å². The number of ether oxygens (including phenoxy) is 1. The molecule has 0 unspecified atom stereocenters. The summed E-state index contributed by atoms with van der Waals surface area (Å²) in [6.45, 7) is 2.89. The van der Waals surface area contributed by atoms with Gasteiger partial charge in [0, 0.05) is 19.8 Å². The summed E-state index contributed by atoms with van der Waals surface area (Å²) in [5.74, 6) is 1.44. The molecular formula is C19H26N4O2. The molecule has 1 aliphatic rings. The normalized spacial score (nSPS) is 15.9. The molecule has 25 heavy (non-hydrogen) atoms. The Kier molecular flexibility index (Phi) is 5.71. The van der Waals surface area contributed by atoms with Gasteiger partial charge in [0.25, 0.3) is 0 Å². The first kappa shape index (κ1) is 17.5. The van der Waals surface area contributed by atoms with Crippen molar-refractivity contribution in [3.05, 3.63) is 47.8 Å². The van der Waals surface area contributed by atoms with E-state index in [9.17, 15) is 4.79 Å². The summed E-state index contributed by atoms with van der Waals surface area (Å²) in [5, 5.41) is 7.25. The number of hydrogen-bond acceptors (Lipinski definition) is 4. The van der Waals surface area contributed by atoms with Gasteiger partial charge in [0.15, 0.2) is 0 Å². The van der Waals surface area contributed by atoms with E-state index in [0.717, 1.165) is 37.2 Å². The molecule has 6 nitrogen and oxygen atoms in total. The van der Waals surface area contributed by atoms with Gasteiger partial charge < -0.3 is 10.1 Å². The predicted octanol–water partition coefficient (Wildman–Crippen LogP) is 1.92. The van der Waals surface area contributed by atoms with Gasteiger partial charge in [-0.2, -0.15) is 5.10 Å². The van der Waals surface area contributed by atoms with Crippen molar-refractivity contribution in [1.82, 2.24) is 20.0 Å². The van der Waals surface area contributed by atoms with E-state index in [0.29, 0.717) is 19.0 Å². The number of hydrogen-bond donors (Lipinski definition) is 1. The first-order chi connectivity index (χ1) is 12.1. The maximum absolute atomic E-state index is 12.2. The number of aryl methyl sites for hydroxylation is 1. The van der Waals surface area contributed by atoms with Crippen LogP contribution in [0.5, 0.6) is 5.75 Å². The van der Waals surface area contributed by atoms with Gasteiger partial charge in [0.2, 0.25) is 5.91 Å². The standard InChI is InChI=1S/C19H26N4O2/c1-22-13-17(12-21-22)16-6-8-23(9-7-16)14-19(24)20-11-15-4-3-5-18(10-15)25-2/h3-5,10,12-13,16H,6-9,11,14H2,1-2H3,(H,20,24). The molecule has 1 amide bonds. The minimum Gasteiger partial charge on any atom is -0.497 e. The lowest BCUT2D eigenvalue weighted by atomic mass is 9.91. The molecule has 0 radical (unpaired) electrons. The zero-order valence-electron chi connectivity index (χ0n) is 14.9. The summed E-state index contributed by atoms with van der Waals surface area (Å²) < 4.78 is 7.06. The average molecular weight is 342 g/mol. The van der Waals surface area contributed by atoms with Crippen LogP contribution < -0.4 is 10.1 Å². The highest BCUT2D eigenvalue weighted by atomic mass is 16.5. The van der Waals surface area contributed by atoms with Crippen molar-refractivity contribution in [3.63, 3.8) is 0 Å². The molecule has 0 aliphatic carbocycles. The van der Waals surface area contributed by atoms with E-state index in [1.165, 1.54) is 5.56 Å². The van der Waals surface area contributed by atoms with Crippen molar-refractivity contribution in [2.75, 3.05) is 26.7 Å². The Bertz CT molecular complexity index is 705. The van der Waals surface area contributed by atoms with Crippen LogP contribution in [0.3, 0.4) is 0 Å². The fraction of sp³-hybridized carbons (Fsp3) is 0.474. The largest absolute Gasteiger partial charge is 0.497 e. The Hall–Kier alpha value is -2.34. The quantitative estimate of drug-likeness (QED) is 0.871. The summed E-state index contributed by atoms with van der Waals surface area (Å²) >= 11 is 0. The predicted molar refractivity (Wildman–Crippen MR) is 96.5 cm³/mol. The number of likely N-dealkylation sites (tertiary alicyclic amines) is 1. The summed E-state index contributed by atoms with van der Waals surface area (Å²) in [5.41, 5.74) is 2.35. The Morgan fingerprint density at radius 2 is 2.16 bits per heavy atom. The van der Waals surface area contributed by atoms with Crippen LogP contribution in [0, 0.1) is 0 Å². The number of aromatic nitrogens is 2. The van der Waals surface area contributed by atoms with Crippen LogP contribution in [0.4, 0.5) is 0 Å². The molecule has 0 bridgehead atoms. The Labute approximate surface area is 148 Å². The van der Waals surface area contributed by atoms with Gasteiger partial charge in [-0.15, -0.1) is 0 Å². The molecule has 134 valence electrons. The highest BCUT2D eigenvalue weighted by Crippen LogP contribution is 2.27. The number of rotatable bonds is 6. The molecule has 1 N–H and O–H groups in total. The molecule has 1 fully saturated rings. The SMILES string of the molecule is COc1cccc(CNC(=O)CN2CCC(c3cnn(C)c3)CC2)c1. The third-order valence-corrected chi connectivity index (χ3v) is 4.77. The molecule has 0 saturated carbocycles. The number of benzene rings is 1. The van der Waals surface area contributed by atoms with Crippen molar-refractivity contribution < 1.29 is 9.53 Å². The zero-order chi connectivity index (χ0) is 17.6. The van der Waals surface area contributed by atoms with E-state index >= 15 is 0 Å². The van der Waals surface area contributed by atoms with Crippen LogP contribution in [0.25, 0.3) is 0 Å². The molecule has 6 heteroatoms. The maximum Gasteiger partial charge on any atom is 0.234 e. The van der Waals surface area contributed by atoms with Crippen molar-refractivity contribution >= 4 is 5.91 Å². The van der Waals surface area contributed by atoms with Crippen molar-refractivity contribution in [2.24, 2.45) is 7.05 Å². The summed E-state index contributed by atoms with van der Waals surface area (Å²) in [4.78, 5) is 14.4.